The van der Waals surface area contributed by atoms with E-state index in [1.165, 1.54) is 23.0 Å². The summed E-state index contributed by atoms with van der Waals surface area (Å²) >= 11 is 0. The summed E-state index contributed by atoms with van der Waals surface area (Å²) in [5.74, 6) is -0.641. The molecule has 1 atom stereocenters. The van der Waals surface area contributed by atoms with Crippen molar-refractivity contribution in [2.45, 2.75) is 31.1 Å². The monoisotopic (exact) mass is 275 g/mol. The molecule has 0 aromatic carbocycles. The third-order valence-electron chi connectivity index (χ3n) is 2.95. The van der Waals surface area contributed by atoms with Crippen molar-refractivity contribution in [2.24, 2.45) is 7.05 Å². The van der Waals surface area contributed by atoms with Gasteiger partial charge in [0.2, 0.25) is 5.91 Å². The minimum Gasteiger partial charge on any atom is -0.357 e. The highest BCUT2D eigenvalue weighted by atomic mass is 19.4. The molecule has 1 aromatic rings. The highest BCUT2D eigenvalue weighted by Crippen LogP contribution is 2.32. The van der Waals surface area contributed by atoms with E-state index in [4.69, 9.17) is 0 Å². The number of aromatic nitrogens is 1. The maximum atomic E-state index is 12.9. The van der Waals surface area contributed by atoms with Crippen molar-refractivity contribution in [3.05, 3.63) is 24.0 Å². The molecule has 106 valence electrons. The number of aryl methyl sites for hydroxylation is 1. The molecule has 0 saturated heterocycles. The zero-order valence-corrected chi connectivity index (χ0v) is 10.5. The van der Waals surface area contributed by atoms with Gasteiger partial charge < -0.3 is 15.2 Å². The van der Waals surface area contributed by atoms with E-state index in [0.717, 1.165) is 12.8 Å². The van der Waals surface area contributed by atoms with Crippen molar-refractivity contribution in [1.82, 2.24) is 15.2 Å². The Morgan fingerprint density at radius 1 is 1.53 bits per heavy atom. The molecule has 1 fully saturated rings. The standard InChI is InChI=1S/C12H16F3N3O/c1-18-5-4-8(7-18)11(12(13,14)15)17-10(19)6-16-9-2-3-9/h4-5,7,9,11,16H,2-3,6H2,1H3,(H,17,19)/t11-/m1/s1. The van der Waals surface area contributed by atoms with Gasteiger partial charge in [0.15, 0.2) is 6.04 Å². The van der Waals surface area contributed by atoms with Gasteiger partial charge in [0.05, 0.1) is 6.54 Å². The quantitative estimate of drug-likeness (QED) is 0.855. The van der Waals surface area contributed by atoms with Crippen LogP contribution in [0.3, 0.4) is 0 Å². The summed E-state index contributed by atoms with van der Waals surface area (Å²) in [6.07, 6.45) is 0.329. The van der Waals surface area contributed by atoms with Crippen LogP contribution in [-0.2, 0) is 11.8 Å². The van der Waals surface area contributed by atoms with Crippen molar-refractivity contribution in [1.29, 1.82) is 0 Å². The second-order valence-corrected chi connectivity index (χ2v) is 4.81. The maximum absolute atomic E-state index is 12.9. The molecule has 7 heteroatoms. The Bertz CT molecular complexity index is 451. The Labute approximate surface area is 109 Å². The van der Waals surface area contributed by atoms with Crippen LogP contribution >= 0.6 is 0 Å². The molecule has 4 nitrogen and oxygen atoms in total. The molecule has 1 amide bonds. The van der Waals surface area contributed by atoms with Crippen molar-refractivity contribution in [3.8, 4) is 0 Å². The number of carbonyl (C=O) groups is 1. The van der Waals surface area contributed by atoms with Crippen LogP contribution in [0.5, 0.6) is 0 Å². The Morgan fingerprint density at radius 3 is 2.68 bits per heavy atom. The average molecular weight is 275 g/mol. The predicted molar refractivity (Wildman–Crippen MR) is 63.4 cm³/mol. The van der Waals surface area contributed by atoms with E-state index in [9.17, 15) is 18.0 Å². The van der Waals surface area contributed by atoms with E-state index in [1.807, 2.05) is 5.32 Å². The average Bonchev–Trinajstić information content (AvgIpc) is 3.04. The van der Waals surface area contributed by atoms with Gasteiger partial charge in [-0.05, 0) is 18.9 Å². The van der Waals surface area contributed by atoms with Gasteiger partial charge in [-0.2, -0.15) is 13.2 Å². The normalized spacial score (nSPS) is 17.3. The summed E-state index contributed by atoms with van der Waals surface area (Å²) in [6.45, 7) is -0.0793. The minimum atomic E-state index is -4.50. The highest BCUT2D eigenvalue weighted by Gasteiger charge is 2.42. The van der Waals surface area contributed by atoms with Gasteiger partial charge in [-0.3, -0.25) is 4.79 Å². The number of amides is 1. The number of carbonyl (C=O) groups excluding carboxylic acids is 1. The molecule has 1 aliphatic rings. The predicted octanol–water partition coefficient (Wildman–Crippen LogP) is 1.50. The number of halogens is 3. The second-order valence-electron chi connectivity index (χ2n) is 4.81. The van der Waals surface area contributed by atoms with Gasteiger partial charge in [0, 0.05) is 31.0 Å². The topological polar surface area (TPSA) is 46.1 Å². The van der Waals surface area contributed by atoms with Gasteiger partial charge >= 0.3 is 6.18 Å². The van der Waals surface area contributed by atoms with E-state index < -0.39 is 18.1 Å². The third-order valence-corrected chi connectivity index (χ3v) is 2.95. The molecule has 1 saturated carbocycles. The Morgan fingerprint density at radius 2 is 2.21 bits per heavy atom. The van der Waals surface area contributed by atoms with E-state index >= 15 is 0 Å². The molecule has 0 unspecified atom stereocenters. The summed E-state index contributed by atoms with van der Waals surface area (Å²) in [5, 5.41) is 4.92. The lowest BCUT2D eigenvalue weighted by Crippen LogP contribution is -2.42. The van der Waals surface area contributed by atoms with Crippen LogP contribution in [0.2, 0.25) is 0 Å². The molecule has 0 bridgehead atoms. The fourth-order valence-corrected chi connectivity index (χ4v) is 1.79. The lowest BCUT2D eigenvalue weighted by Gasteiger charge is -2.21. The maximum Gasteiger partial charge on any atom is 0.412 e. The van der Waals surface area contributed by atoms with Gasteiger partial charge in [0.25, 0.3) is 0 Å². The van der Waals surface area contributed by atoms with Crippen LogP contribution in [0.15, 0.2) is 18.5 Å². The number of hydrogen-bond donors (Lipinski definition) is 2. The molecule has 1 aromatic heterocycles. The summed E-state index contributed by atoms with van der Waals surface area (Å²) in [4.78, 5) is 11.5. The van der Waals surface area contributed by atoms with Gasteiger partial charge in [0.1, 0.15) is 0 Å². The number of rotatable bonds is 5. The van der Waals surface area contributed by atoms with Crippen molar-refractivity contribution < 1.29 is 18.0 Å². The molecular formula is C12H16F3N3O. The van der Waals surface area contributed by atoms with Crippen LogP contribution in [0, 0.1) is 0 Å². The van der Waals surface area contributed by atoms with Gasteiger partial charge in [-0.25, -0.2) is 0 Å². The largest absolute Gasteiger partial charge is 0.412 e. The van der Waals surface area contributed by atoms with E-state index in [0.29, 0.717) is 0 Å². The summed E-state index contributed by atoms with van der Waals surface area (Å²) in [5.41, 5.74) is 0.0368. The summed E-state index contributed by atoms with van der Waals surface area (Å²) in [7, 11) is 1.63. The van der Waals surface area contributed by atoms with Crippen molar-refractivity contribution in [2.75, 3.05) is 6.54 Å². The molecule has 0 radical (unpaired) electrons. The fourth-order valence-electron chi connectivity index (χ4n) is 1.79. The lowest BCUT2D eigenvalue weighted by atomic mass is 10.1. The molecule has 2 rings (SSSR count). The molecule has 1 heterocycles. The zero-order valence-electron chi connectivity index (χ0n) is 10.5. The SMILES string of the molecule is Cn1ccc([C@@H](NC(=O)CNC2CC2)C(F)(F)F)c1. The van der Waals surface area contributed by atoms with Crippen molar-refractivity contribution >= 4 is 5.91 Å². The highest BCUT2D eigenvalue weighted by molar-refractivity contribution is 5.78. The van der Waals surface area contributed by atoms with Gasteiger partial charge in [-0.15, -0.1) is 0 Å². The number of nitrogens with one attached hydrogen (secondary N) is 2. The van der Waals surface area contributed by atoms with Gasteiger partial charge in [-0.1, -0.05) is 0 Å². The smallest absolute Gasteiger partial charge is 0.357 e. The Hall–Kier alpha value is -1.50. The molecule has 1 aliphatic carbocycles. The van der Waals surface area contributed by atoms with Crippen LogP contribution in [0.1, 0.15) is 24.4 Å². The van der Waals surface area contributed by atoms with Crippen LogP contribution in [-0.4, -0.2) is 29.2 Å². The summed E-state index contributed by atoms with van der Waals surface area (Å²) in [6, 6.07) is -0.318. The number of alkyl halides is 3. The second kappa shape index (κ2) is 5.24. The molecule has 0 aliphatic heterocycles. The first-order valence-electron chi connectivity index (χ1n) is 6.07. The molecular weight excluding hydrogens is 259 g/mol. The van der Waals surface area contributed by atoms with E-state index in [1.54, 1.807) is 7.05 Å². The number of hydrogen-bond acceptors (Lipinski definition) is 2. The van der Waals surface area contributed by atoms with Crippen molar-refractivity contribution in [3.63, 3.8) is 0 Å². The van der Waals surface area contributed by atoms with E-state index in [2.05, 4.69) is 5.32 Å². The zero-order chi connectivity index (χ0) is 14.0. The van der Waals surface area contributed by atoms with Crippen LogP contribution < -0.4 is 10.6 Å². The first-order chi connectivity index (χ1) is 8.86. The molecule has 0 spiro atoms. The number of nitrogens with zero attached hydrogens (tertiary/aromatic N) is 1. The third kappa shape index (κ3) is 3.99. The Kier molecular flexibility index (Phi) is 3.84. The summed E-state index contributed by atoms with van der Waals surface area (Å²) < 4.78 is 40.3. The molecule has 2 N–H and O–H groups in total. The first kappa shape index (κ1) is 13.9. The van der Waals surface area contributed by atoms with E-state index in [-0.39, 0.29) is 18.2 Å². The first-order valence-corrected chi connectivity index (χ1v) is 6.07. The molecule has 19 heavy (non-hydrogen) atoms. The fraction of sp³-hybridized carbons (Fsp3) is 0.583. The van der Waals surface area contributed by atoms with Crippen LogP contribution in [0.25, 0.3) is 0 Å². The lowest BCUT2D eigenvalue weighted by molar-refractivity contribution is -0.163. The minimum absolute atomic E-state index is 0.0368. The Balaban J connectivity index is 1.99. The van der Waals surface area contributed by atoms with Crippen LogP contribution in [0.4, 0.5) is 13.2 Å².